The average Bonchev–Trinajstić information content (AvgIpc) is 3.33. The number of amides is 1. The molecule has 25 heavy (non-hydrogen) atoms. The highest BCUT2D eigenvalue weighted by atomic mass is 16.5. The first-order valence-electron chi connectivity index (χ1n) is 9.60. The zero-order valence-electron chi connectivity index (χ0n) is 14.9. The highest BCUT2D eigenvalue weighted by Gasteiger charge is 2.43. The van der Waals surface area contributed by atoms with Crippen molar-refractivity contribution < 1.29 is 9.53 Å². The first-order valence-corrected chi connectivity index (χ1v) is 9.60. The zero-order valence-corrected chi connectivity index (χ0v) is 14.9. The number of rotatable bonds is 7. The number of para-hydroxylation sites is 2. The molecule has 4 rings (SSSR count). The molecule has 134 valence electrons. The predicted molar refractivity (Wildman–Crippen MR) is 98.4 cm³/mol. The molecule has 5 heteroatoms. The molecule has 1 aromatic carbocycles. The van der Waals surface area contributed by atoms with Gasteiger partial charge in [-0.15, -0.1) is 0 Å². The molecule has 1 heterocycles. The summed E-state index contributed by atoms with van der Waals surface area (Å²) in [6.07, 6.45) is 5.73. The Kier molecular flexibility index (Phi) is 4.75. The Labute approximate surface area is 148 Å². The summed E-state index contributed by atoms with van der Waals surface area (Å²) < 4.78 is 7.58. The molecule has 1 aromatic heterocycles. The van der Waals surface area contributed by atoms with Crippen LogP contribution in [0.3, 0.4) is 0 Å². The fraction of sp³-hybridized carbons (Fsp3) is 0.600. The van der Waals surface area contributed by atoms with Gasteiger partial charge in [-0.2, -0.15) is 0 Å². The first kappa shape index (κ1) is 16.6. The lowest BCUT2D eigenvalue weighted by molar-refractivity contribution is -0.121. The number of aryl methyl sites for hydroxylation is 1. The number of carbonyl (C=O) groups is 1. The third-order valence-corrected chi connectivity index (χ3v) is 5.84. The maximum Gasteiger partial charge on any atom is 0.230 e. The summed E-state index contributed by atoms with van der Waals surface area (Å²) in [5, 5.41) is 3.14. The van der Waals surface area contributed by atoms with Gasteiger partial charge in [-0.25, -0.2) is 4.98 Å². The Morgan fingerprint density at radius 3 is 2.96 bits per heavy atom. The van der Waals surface area contributed by atoms with Crippen molar-refractivity contribution in [3.8, 4) is 0 Å². The molecule has 1 amide bonds. The Hall–Kier alpha value is -1.88. The van der Waals surface area contributed by atoms with Crippen molar-refractivity contribution in [2.45, 2.75) is 45.6 Å². The van der Waals surface area contributed by atoms with E-state index in [1.165, 1.54) is 19.3 Å². The van der Waals surface area contributed by atoms with Crippen LogP contribution in [0, 0.1) is 17.8 Å². The van der Waals surface area contributed by atoms with E-state index in [-0.39, 0.29) is 11.8 Å². The zero-order chi connectivity index (χ0) is 17.2. The number of carbonyl (C=O) groups excluding carboxylic acids is 1. The number of imidazole rings is 1. The molecule has 0 spiro atoms. The van der Waals surface area contributed by atoms with Gasteiger partial charge in [-0.1, -0.05) is 18.6 Å². The molecule has 2 saturated carbocycles. The maximum absolute atomic E-state index is 12.8. The topological polar surface area (TPSA) is 56.1 Å². The van der Waals surface area contributed by atoms with Crippen LogP contribution in [0.15, 0.2) is 24.3 Å². The standard InChI is InChI=1S/C20H27N3O2/c1-2-25-11-5-10-23-18-7-4-3-6-17(18)21-20(23)22-19(24)16-13-14-8-9-15(16)12-14/h3-4,6-7,14-16H,2,5,8-13H2,1H3,(H,21,22,24). The normalized spacial score (nSPS) is 24.9. The van der Waals surface area contributed by atoms with E-state index in [1.54, 1.807) is 0 Å². The van der Waals surface area contributed by atoms with Gasteiger partial charge < -0.3 is 9.30 Å². The van der Waals surface area contributed by atoms with Crippen molar-refractivity contribution in [2.75, 3.05) is 18.5 Å². The molecule has 0 radical (unpaired) electrons. The summed E-state index contributed by atoms with van der Waals surface area (Å²) in [5.41, 5.74) is 2.00. The quantitative estimate of drug-likeness (QED) is 0.779. The fourth-order valence-corrected chi connectivity index (χ4v) is 4.64. The van der Waals surface area contributed by atoms with Crippen molar-refractivity contribution in [1.29, 1.82) is 0 Å². The van der Waals surface area contributed by atoms with Crippen molar-refractivity contribution in [2.24, 2.45) is 17.8 Å². The third kappa shape index (κ3) is 3.30. The van der Waals surface area contributed by atoms with Gasteiger partial charge in [0.1, 0.15) is 0 Å². The van der Waals surface area contributed by atoms with Crippen LogP contribution < -0.4 is 5.32 Å². The van der Waals surface area contributed by atoms with Crippen molar-refractivity contribution in [3.63, 3.8) is 0 Å². The molecule has 2 aliphatic rings. The summed E-state index contributed by atoms with van der Waals surface area (Å²) in [5.74, 6) is 2.38. The molecule has 5 nitrogen and oxygen atoms in total. The molecular formula is C20H27N3O2. The Morgan fingerprint density at radius 1 is 1.32 bits per heavy atom. The Balaban J connectivity index is 1.52. The minimum atomic E-state index is 0.161. The second kappa shape index (κ2) is 7.16. The molecule has 2 aromatic rings. The molecular weight excluding hydrogens is 314 g/mol. The van der Waals surface area contributed by atoms with Crippen LogP contribution in [0.25, 0.3) is 11.0 Å². The van der Waals surface area contributed by atoms with Crippen LogP contribution in [0.5, 0.6) is 0 Å². The molecule has 3 atom stereocenters. The second-order valence-corrected chi connectivity index (χ2v) is 7.40. The van der Waals surface area contributed by atoms with Crippen LogP contribution in [0.1, 0.15) is 39.0 Å². The number of anilines is 1. The van der Waals surface area contributed by atoms with E-state index < -0.39 is 0 Å². The molecule has 2 bridgehead atoms. The van der Waals surface area contributed by atoms with Crippen molar-refractivity contribution in [1.82, 2.24) is 9.55 Å². The smallest absolute Gasteiger partial charge is 0.230 e. The molecule has 3 unspecified atom stereocenters. The summed E-state index contributed by atoms with van der Waals surface area (Å²) in [6, 6.07) is 8.07. The van der Waals surface area contributed by atoms with E-state index in [0.29, 0.717) is 11.9 Å². The van der Waals surface area contributed by atoms with E-state index in [1.807, 2.05) is 25.1 Å². The van der Waals surface area contributed by atoms with Gasteiger partial charge in [-0.3, -0.25) is 10.1 Å². The molecule has 2 fully saturated rings. The fourth-order valence-electron chi connectivity index (χ4n) is 4.64. The lowest BCUT2D eigenvalue weighted by atomic mass is 9.88. The number of nitrogens with zero attached hydrogens (tertiary/aromatic N) is 2. The van der Waals surface area contributed by atoms with E-state index in [0.717, 1.165) is 49.6 Å². The van der Waals surface area contributed by atoms with Crippen molar-refractivity contribution >= 4 is 22.9 Å². The van der Waals surface area contributed by atoms with Crippen LogP contribution in [0.2, 0.25) is 0 Å². The second-order valence-electron chi connectivity index (χ2n) is 7.40. The molecule has 2 aliphatic carbocycles. The number of hydrogen-bond acceptors (Lipinski definition) is 3. The average molecular weight is 341 g/mol. The molecule has 1 N–H and O–H groups in total. The number of nitrogens with one attached hydrogen (secondary N) is 1. The number of hydrogen-bond donors (Lipinski definition) is 1. The van der Waals surface area contributed by atoms with Gasteiger partial charge in [0, 0.05) is 25.7 Å². The lowest BCUT2D eigenvalue weighted by Gasteiger charge is -2.20. The molecule has 0 saturated heterocycles. The predicted octanol–water partition coefficient (Wildman–Crippen LogP) is 3.84. The van der Waals surface area contributed by atoms with Crippen LogP contribution >= 0.6 is 0 Å². The summed E-state index contributed by atoms with van der Waals surface area (Å²) in [6.45, 7) is 4.27. The van der Waals surface area contributed by atoms with Crippen LogP contribution in [-0.4, -0.2) is 28.7 Å². The first-order chi connectivity index (χ1) is 12.3. The summed E-state index contributed by atoms with van der Waals surface area (Å²) in [4.78, 5) is 17.5. The van der Waals surface area contributed by atoms with Crippen molar-refractivity contribution in [3.05, 3.63) is 24.3 Å². The highest BCUT2D eigenvalue weighted by Crippen LogP contribution is 2.48. The van der Waals surface area contributed by atoms with Gasteiger partial charge in [0.05, 0.1) is 11.0 Å². The number of benzene rings is 1. The van der Waals surface area contributed by atoms with Gasteiger partial charge in [0.25, 0.3) is 0 Å². The number of fused-ring (bicyclic) bond motifs is 3. The van der Waals surface area contributed by atoms with Gasteiger partial charge in [-0.05, 0) is 56.6 Å². The Bertz CT molecular complexity index is 754. The lowest BCUT2D eigenvalue weighted by Crippen LogP contribution is -2.28. The van der Waals surface area contributed by atoms with Gasteiger partial charge >= 0.3 is 0 Å². The Morgan fingerprint density at radius 2 is 2.20 bits per heavy atom. The minimum absolute atomic E-state index is 0.161. The van der Waals surface area contributed by atoms with Gasteiger partial charge in [0.15, 0.2) is 0 Å². The minimum Gasteiger partial charge on any atom is -0.382 e. The molecule has 0 aliphatic heterocycles. The van der Waals surface area contributed by atoms with E-state index in [2.05, 4.69) is 20.9 Å². The summed E-state index contributed by atoms with van der Waals surface area (Å²) >= 11 is 0. The number of aromatic nitrogens is 2. The van der Waals surface area contributed by atoms with E-state index >= 15 is 0 Å². The largest absolute Gasteiger partial charge is 0.382 e. The van der Waals surface area contributed by atoms with Gasteiger partial charge in [0.2, 0.25) is 11.9 Å². The SMILES string of the molecule is CCOCCCn1c(NC(=O)C2CC3CCC2C3)nc2ccccc21. The van der Waals surface area contributed by atoms with Crippen LogP contribution in [-0.2, 0) is 16.1 Å². The summed E-state index contributed by atoms with van der Waals surface area (Å²) in [7, 11) is 0. The monoisotopic (exact) mass is 341 g/mol. The highest BCUT2D eigenvalue weighted by molar-refractivity contribution is 5.93. The maximum atomic E-state index is 12.8. The van der Waals surface area contributed by atoms with E-state index in [4.69, 9.17) is 4.74 Å². The van der Waals surface area contributed by atoms with Crippen LogP contribution in [0.4, 0.5) is 5.95 Å². The third-order valence-electron chi connectivity index (χ3n) is 5.84. The van der Waals surface area contributed by atoms with E-state index in [9.17, 15) is 4.79 Å². The number of ether oxygens (including phenoxy) is 1.